The van der Waals surface area contributed by atoms with Gasteiger partial charge in [-0.2, -0.15) is 0 Å². The van der Waals surface area contributed by atoms with Gasteiger partial charge in [-0.25, -0.2) is 0 Å². The Morgan fingerprint density at radius 1 is 1.44 bits per heavy atom. The van der Waals surface area contributed by atoms with E-state index in [0.29, 0.717) is 12.6 Å². The standard InChI is InChI=1S/C15H20N2O/c1-11(12-6-7-12)16-15(18)10-17-9-8-13-4-2-3-5-14(13)17/h2-5,11-12H,6-10H2,1H3,(H,16,18)/t11-/m1/s1. The highest BCUT2D eigenvalue weighted by molar-refractivity contribution is 5.82. The van der Waals surface area contributed by atoms with Gasteiger partial charge in [0.15, 0.2) is 0 Å². The summed E-state index contributed by atoms with van der Waals surface area (Å²) < 4.78 is 0. The molecule has 0 unspecified atom stereocenters. The lowest BCUT2D eigenvalue weighted by Crippen LogP contribution is -2.41. The highest BCUT2D eigenvalue weighted by Crippen LogP contribution is 2.32. The molecule has 1 amide bonds. The van der Waals surface area contributed by atoms with E-state index >= 15 is 0 Å². The largest absolute Gasteiger partial charge is 0.362 e. The summed E-state index contributed by atoms with van der Waals surface area (Å²) in [7, 11) is 0. The van der Waals surface area contributed by atoms with Gasteiger partial charge in [0.2, 0.25) is 5.91 Å². The van der Waals surface area contributed by atoms with Gasteiger partial charge in [0.1, 0.15) is 0 Å². The van der Waals surface area contributed by atoms with Crippen LogP contribution < -0.4 is 10.2 Å². The number of carbonyl (C=O) groups is 1. The molecule has 18 heavy (non-hydrogen) atoms. The third-order valence-corrected chi connectivity index (χ3v) is 4.04. The van der Waals surface area contributed by atoms with Crippen molar-refractivity contribution in [3.05, 3.63) is 29.8 Å². The molecule has 0 radical (unpaired) electrons. The summed E-state index contributed by atoms with van der Waals surface area (Å²) in [6, 6.07) is 8.72. The van der Waals surface area contributed by atoms with Crippen LogP contribution in [0.2, 0.25) is 0 Å². The number of nitrogens with zero attached hydrogens (tertiary/aromatic N) is 1. The summed E-state index contributed by atoms with van der Waals surface area (Å²) in [5, 5.41) is 3.12. The molecule has 1 fully saturated rings. The van der Waals surface area contributed by atoms with Gasteiger partial charge in [0.25, 0.3) is 0 Å². The Balaban J connectivity index is 1.58. The Morgan fingerprint density at radius 2 is 2.22 bits per heavy atom. The molecule has 3 rings (SSSR count). The smallest absolute Gasteiger partial charge is 0.239 e. The molecule has 3 nitrogen and oxygen atoms in total. The van der Waals surface area contributed by atoms with Gasteiger partial charge in [-0.15, -0.1) is 0 Å². The van der Waals surface area contributed by atoms with E-state index in [-0.39, 0.29) is 5.91 Å². The Hall–Kier alpha value is -1.51. The van der Waals surface area contributed by atoms with E-state index in [9.17, 15) is 4.79 Å². The molecule has 1 N–H and O–H groups in total. The van der Waals surface area contributed by atoms with Crippen molar-refractivity contribution >= 4 is 11.6 Å². The molecule has 2 aliphatic rings. The molecule has 3 heteroatoms. The second kappa shape index (κ2) is 4.63. The number of hydrogen-bond acceptors (Lipinski definition) is 2. The molecule has 1 aromatic carbocycles. The Kier molecular flexibility index (Phi) is 2.98. The summed E-state index contributed by atoms with van der Waals surface area (Å²) in [5.41, 5.74) is 2.59. The van der Waals surface area contributed by atoms with E-state index < -0.39 is 0 Å². The normalized spacial score (nSPS) is 19.5. The predicted octanol–water partition coefficient (Wildman–Crippen LogP) is 1.96. The number of hydrogen-bond donors (Lipinski definition) is 1. The van der Waals surface area contributed by atoms with Crippen LogP contribution in [0.3, 0.4) is 0 Å². The van der Waals surface area contributed by atoms with E-state index in [2.05, 4.69) is 35.3 Å². The van der Waals surface area contributed by atoms with Crippen LogP contribution in [0, 0.1) is 5.92 Å². The topological polar surface area (TPSA) is 32.3 Å². The summed E-state index contributed by atoms with van der Waals surface area (Å²) >= 11 is 0. The van der Waals surface area contributed by atoms with E-state index in [4.69, 9.17) is 0 Å². The molecule has 0 saturated heterocycles. The van der Waals surface area contributed by atoms with Gasteiger partial charge >= 0.3 is 0 Å². The first kappa shape index (κ1) is 11.6. The molecule has 1 aliphatic heterocycles. The zero-order chi connectivity index (χ0) is 12.5. The van der Waals surface area contributed by atoms with Crippen LogP contribution in [0.4, 0.5) is 5.69 Å². The van der Waals surface area contributed by atoms with Gasteiger partial charge in [-0.1, -0.05) is 18.2 Å². The lowest BCUT2D eigenvalue weighted by Gasteiger charge is -2.20. The maximum Gasteiger partial charge on any atom is 0.239 e. The molecule has 1 atom stereocenters. The highest BCUT2D eigenvalue weighted by atomic mass is 16.2. The predicted molar refractivity (Wildman–Crippen MR) is 72.7 cm³/mol. The van der Waals surface area contributed by atoms with E-state index in [1.54, 1.807) is 0 Å². The minimum Gasteiger partial charge on any atom is -0.362 e. The third-order valence-electron chi connectivity index (χ3n) is 4.04. The number of benzene rings is 1. The van der Waals surface area contributed by atoms with Crippen molar-refractivity contribution in [2.75, 3.05) is 18.0 Å². The van der Waals surface area contributed by atoms with Crippen molar-refractivity contribution in [2.45, 2.75) is 32.2 Å². The summed E-state index contributed by atoms with van der Waals surface area (Å²) in [5.74, 6) is 0.880. The number of para-hydroxylation sites is 1. The molecular weight excluding hydrogens is 224 g/mol. The number of fused-ring (bicyclic) bond motifs is 1. The van der Waals surface area contributed by atoms with E-state index in [1.165, 1.54) is 24.1 Å². The van der Waals surface area contributed by atoms with Crippen molar-refractivity contribution in [2.24, 2.45) is 5.92 Å². The second-order valence-corrected chi connectivity index (χ2v) is 5.49. The van der Waals surface area contributed by atoms with Gasteiger partial charge in [0, 0.05) is 18.3 Å². The van der Waals surface area contributed by atoms with Crippen molar-refractivity contribution in [3.63, 3.8) is 0 Å². The van der Waals surface area contributed by atoms with Gasteiger partial charge in [-0.3, -0.25) is 4.79 Å². The lowest BCUT2D eigenvalue weighted by atomic mass is 10.2. The van der Waals surface area contributed by atoms with Gasteiger partial charge in [-0.05, 0) is 43.7 Å². The van der Waals surface area contributed by atoms with Gasteiger partial charge in [0.05, 0.1) is 6.54 Å². The lowest BCUT2D eigenvalue weighted by molar-refractivity contribution is -0.120. The number of nitrogens with one attached hydrogen (secondary N) is 1. The monoisotopic (exact) mass is 244 g/mol. The molecule has 96 valence electrons. The number of rotatable bonds is 4. The quantitative estimate of drug-likeness (QED) is 0.878. The van der Waals surface area contributed by atoms with Gasteiger partial charge < -0.3 is 10.2 Å². The third kappa shape index (κ3) is 2.35. The minimum atomic E-state index is 0.158. The molecule has 0 aromatic heterocycles. The minimum absolute atomic E-state index is 0.158. The van der Waals surface area contributed by atoms with Crippen molar-refractivity contribution in [1.82, 2.24) is 5.32 Å². The van der Waals surface area contributed by atoms with Crippen LogP contribution in [0.15, 0.2) is 24.3 Å². The fourth-order valence-corrected chi connectivity index (χ4v) is 2.76. The fraction of sp³-hybridized carbons (Fsp3) is 0.533. The average Bonchev–Trinajstić information content (AvgIpc) is 3.14. The van der Waals surface area contributed by atoms with E-state index in [1.807, 2.05) is 6.07 Å². The Bertz CT molecular complexity index is 454. The summed E-state index contributed by atoms with van der Waals surface area (Å²) in [6.07, 6.45) is 3.60. The summed E-state index contributed by atoms with van der Waals surface area (Å²) in [6.45, 7) is 3.58. The van der Waals surface area contributed by atoms with Crippen LogP contribution in [0.25, 0.3) is 0 Å². The van der Waals surface area contributed by atoms with Crippen molar-refractivity contribution < 1.29 is 4.79 Å². The van der Waals surface area contributed by atoms with Crippen molar-refractivity contribution in [1.29, 1.82) is 0 Å². The number of carbonyl (C=O) groups excluding carboxylic acids is 1. The maximum absolute atomic E-state index is 12.0. The fourth-order valence-electron chi connectivity index (χ4n) is 2.76. The molecule has 1 saturated carbocycles. The second-order valence-electron chi connectivity index (χ2n) is 5.49. The SMILES string of the molecule is C[C@@H](NC(=O)CN1CCc2ccccc21)C1CC1. The first-order valence-electron chi connectivity index (χ1n) is 6.86. The van der Waals surface area contributed by atoms with Crippen molar-refractivity contribution in [3.8, 4) is 0 Å². The van der Waals surface area contributed by atoms with E-state index in [0.717, 1.165) is 18.9 Å². The van der Waals surface area contributed by atoms with Crippen LogP contribution in [-0.4, -0.2) is 25.0 Å². The van der Waals surface area contributed by atoms with Crippen LogP contribution >= 0.6 is 0 Å². The zero-order valence-electron chi connectivity index (χ0n) is 10.9. The average molecular weight is 244 g/mol. The molecule has 0 spiro atoms. The van der Waals surface area contributed by atoms with Crippen LogP contribution in [0.5, 0.6) is 0 Å². The van der Waals surface area contributed by atoms with Crippen LogP contribution in [0.1, 0.15) is 25.3 Å². The summed E-state index contributed by atoms with van der Waals surface area (Å²) in [4.78, 5) is 14.2. The van der Waals surface area contributed by atoms with Crippen LogP contribution in [-0.2, 0) is 11.2 Å². The highest BCUT2D eigenvalue weighted by Gasteiger charge is 2.29. The number of anilines is 1. The molecule has 1 aromatic rings. The first-order chi connectivity index (χ1) is 8.74. The molecular formula is C15H20N2O. The molecule has 1 heterocycles. The Labute approximate surface area is 108 Å². The molecule has 1 aliphatic carbocycles. The first-order valence-corrected chi connectivity index (χ1v) is 6.86. The zero-order valence-corrected chi connectivity index (χ0v) is 10.9. The Morgan fingerprint density at radius 3 is 3.00 bits per heavy atom. The maximum atomic E-state index is 12.0. The molecule has 0 bridgehead atoms. The number of amides is 1.